The molecule has 0 radical (unpaired) electrons. The first kappa shape index (κ1) is 13.8. The number of nitrogens with zero attached hydrogens (tertiary/aromatic N) is 1. The van der Waals surface area contributed by atoms with Gasteiger partial charge in [0, 0.05) is 12.6 Å². The molecule has 0 aromatic rings. The smallest absolute Gasteiger partial charge is 0.334 e. The minimum absolute atomic E-state index is 0.254. The summed E-state index contributed by atoms with van der Waals surface area (Å²) in [7, 11) is 0. The van der Waals surface area contributed by atoms with Crippen LogP contribution in [0.4, 0.5) is 4.79 Å². The molecule has 0 aliphatic heterocycles. The molecule has 0 aromatic carbocycles. The van der Waals surface area contributed by atoms with Gasteiger partial charge < -0.3 is 20.4 Å². The minimum atomic E-state index is -1.54. The Hall–Kier alpha value is -1.30. The van der Waals surface area contributed by atoms with E-state index in [2.05, 4.69) is 5.32 Å². The predicted octanol–water partition coefficient (Wildman–Crippen LogP) is 0.262. The molecule has 0 heterocycles. The summed E-state index contributed by atoms with van der Waals surface area (Å²) in [5.74, 6) is -0.960. The fourth-order valence-corrected chi connectivity index (χ4v) is 1.55. The molecule has 98 valence electrons. The van der Waals surface area contributed by atoms with Gasteiger partial charge in [-0.1, -0.05) is 13.8 Å². The van der Waals surface area contributed by atoms with E-state index in [4.69, 9.17) is 10.2 Å². The summed E-state index contributed by atoms with van der Waals surface area (Å²) in [6, 6.07) is -0.0131. The highest BCUT2D eigenvalue weighted by Crippen LogP contribution is 2.27. The lowest BCUT2D eigenvalue weighted by Crippen LogP contribution is -2.46. The molecule has 6 nitrogen and oxygen atoms in total. The third-order valence-corrected chi connectivity index (χ3v) is 2.54. The van der Waals surface area contributed by atoms with Crippen molar-refractivity contribution in [3.63, 3.8) is 0 Å². The highest BCUT2D eigenvalue weighted by molar-refractivity contribution is 5.77. The van der Waals surface area contributed by atoms with Crippen molar-refractivity contribution in [3.8, 4) is 0 Å². The van der Waals surface area contributed by atoms with Gasteiger partial charge in [0.1, 0.15) is 0 Å². The summed E-state index contributed by atoms with van der Waals surface area (Å²) in [4.78, 5) is 23.9. The van der Waals surface area contributed by atoms with Crippen molar-refractivity contribution >= 4 is 12.0 Å². The number of hydrogen-bond donors (Lipinski definition) is 3. The number of hydrogen-bond acceptors (Lipinski definition) is 3. The van der Waals surface area contributed by atoms with E-state index in [0.717, 1.165) is 12.8 Å². The fraction of sp³-hybridized carbons (Fsp3) is 0.818. The van der Waals surface area contributed by atoms with Crippen LogP contribution in [0.2, 0.25) is 0 Å². The molecule has 1 aliphatic rings. The molecule has 0 bridgehead atoms. The van der Waals surface area contributed by atoms with E-state index in [-0.39, 0.29) is 18.6 Å². The van der Waals surface area contributed by atoms with Crippen LogP contribution in [0, 0.1) is 5.92 Å². The largest absolute Gasteiger partial charge is 0.479 e. The highest BCUT2D eigenvalue weighted by Gasteiger charge is 2.33. The third kappa shape index (κ3) is 4.60. The average molecular weight is 244 g/mol. The second-order valence-corrected chi connectivity index (χ2v) is 4.82. The number of carbonyl (C=O) groups excluding carboxylic acids is 1. The number of amides is 2. The minimum Gasteiger partial charge on any atom is -0.479 e. The maximum Gasteiger partial charge on any atom is 0.334 e. The van der Waals surface area contributed by atoms with Gasteiger partial charge in [0.2, 0.25) is 0 Å². The Balaban J connectivity index is 2.40. The van der Waals surface area contributed by atoms with Crippen LogP contribution in [0.15, 0.2) is 0 Å². The molecule has 3 N–H and O–H groups in total. The predicted molar refractivity (Wildman–Crippen MR) is 61.6 cm³/mol. The zero-order chi connectivity index (χ0) is 13.0. The third-order valence-electron chi connectivity index (χ3n) is 2.54. The van der Waals surface area contributed by atoms with Gasteiger partial charge >= 0.3 is 12.0 Å². The lowest BCUT2D eigenvalue weighted by atomic mass is 10.2. The van der Waals surface area contributed by atoms with Crippen molar-refractivity contribution in [3.05, 3.63) is 0 Å². The first-order chi connectivity index (χ1) is 7.91. The maximum absolute atomic E-state index is 11.8. The molecule has 1 atom stereocenters. The number of aliphatic hydroxyl groups excluding tert-OH is 1. The number of nitrogens with one attached hydrogen (secondary N) is 1. The van der Waals surface area contributed by atoms with E-state index in [9.17, 15) is 9.59 Å². The first-order valence-corrected chi connectivity index (χ1v) is 5.87. The summed E-state index contributed by atoms with van der Waals surface area (Å²) < 4.78 is 0. The van der Waals surface area contributed by atoms with E-state index in [1.165, 1.54) is 0 Å². The van der Waals surface area contributed by atoms with Crippen molar-refractivity contribution in [1.29, 1.82) is 0 Å². The molecule has 1 fully saturated rings. The van der Waals surface area contributed by atoms with Gasteiger partial charge in [-0.3, -0.25) is 0 Å². The van der Waals surface area contributed by atoms with E-state index in [0.29, 0.717) is 12.5 Å². The Kier molecular flexibility index (Phi) is 4.74. The number of carboxylic acid groups (broad SMARTS) is 1. The van der Waals surface area contributed by atoms with Crippen LogP contribution in [-0.2, 0) is 4.79 Å². The number of aliphatic hydroxyl groups is 1. The molecule has 1 unspecified atom stereocenters. The highest BCUT2D eigenvalue weighted by atomic mass is 16.4. The molecular weight excluding hydrogens is 224 g/mol. The molecular formula is C11H20N2O4. The Bertz CT molecular complexity index is 289. The summed E-state index contributed by atoms with van der Waals surface area (Å²) in [5.41, 5.74) is 0. The van der Waals surface area contributed by atoms with Crippen LogP contribution in [0.5, 0.6) is 0 Å². The standard InChI is InChI=1S/C11H20N2O4/c1-7(2)6-13(8-3-4-8)11(17)12-5-9(14)10(15)16/h7-9,14H,3-6H2,1-2H3,(H,12,17)(H,15,16). The molecule has 17 heavy (non-hydrogen) atoms. The van der Waals surface area contributed by atoms with Gasteiger partial charge in [-0.25, -0.2) is 9.59 Å². The quantitative estimate of drug-likeness (QED) is 0.625. The van der Waals surface area contributed by atoms with Crippen molar-refractivity contribution in [2.45, 2.75) is 38.8 Å². The molecule has 2 amide bonds. The Labute approximate surface area is 101 Å². The SMILES string of the molecule is CC(C)CN(C(=O)NCC(O)C(=O)O)C1CC1. The van der Waals surface area contributed by atoms with Crippen molar-refractivity contribution < 1.29 is 19.8 Å². The number of aliphatic carboxylic acids is 1. The van der Waals surface area contributed by atoms with Crippen LogP contribution in [0.25, 0.3) is 0 Å². The summed E-state index contributed by atoms with van der Waals surface area (Å²) >= 11 is 0. The van der Waals surface area contributed by atoms with Gasteiger partial charge in [-0.05, 0) is 18.8 Å². The van der Waals surface area contributed by atoms with Crippen molar-refractivity contribution in [1.82, 2.24) is 10.2 Å². The lowest BCUT2D eigenvalue weighted by Gasteiger charge is -2.25. The summed E-state index contributed by atoms with van der Waals surface area (Å²) in [6.07, 6.45) is 0.461. The molecule has 0 saturated heterocycles. The zero-order valence-corrected chi connectivity index (χ0v) is 10.2. The number of carboxylic acids is 1. The Morgan fingerprint density at radius 1 is 1.41 bits per heavy atom. The lowest BCUT2D eigenvalue weighted by molar-refractivity contribution is -0.146. The van der Waals surface area contributed by atoms with E-state index in [1.54, 1.807) is 4.90 Å². The topological polar surface area (TPSA) is 89.9 Å². The van der Waals surface area contributed by atoms with Crippen LogP contribution in [0.1, 0.15) is 26.7 Å². The monoisotopic (exact) mass is 244 g/mol. The fourth-order valence-electron chi connectivity index (χ4n) is 1.55. The van der Waals surface area contributed by atoms with E-state index < -0.39 is 12.1 Å². The normalized spacial score (nSPS) is 16.7. The summed E-state index contributed by atoms with van der Waals surface area (Å²) in [5, 5.41) is 20.0. The molecule has 1 aliphatic carbocycles. The van der Waals surface area contributed by atoms with Crippen LogP contribution >= 0.6 is 0 Å². The van der Waals surface area contributed by atoms with Gasteiger partial charge in [0.25, 0.3) is 0 Å². The zero-order valence-electron chi connectivity index (χ0n) is 10.2. The Morgan fingerprint density at radius 2 is 2.00 bits per heavy atom. The summed E-state index contributed by atoms with van der Waals surface area (Å²) in [6.45, 7) is 4.44. The first-order valence-electron chi connectivity index (χ1n) is 5.87. The van der Waals surface area contributed by atoms with Gasteiger partial charge in [0.05, 0.1) is 6.54 Å². The Morgan fingerprint density at radius 3 is 2.41 bits per heavy atom. The molecule has 1 saturated carbocycles. The second kappa shape index (κ2) is 5.86. The molecule has 0 spiro atoms. The van der Waals surface area contributed by atoms with Gasteiger partial charge in [-0.15, -0.1) is 0 Å². The van der Waals surface area contributed by atoms with Crippen LogP contribution < -0.4 is 5.32 Å². The number of urea groups is 1. The van der Waals surface area contributed by atoms with E-state index >= 15 is 0 Å². The molecule has 1 rings (SSSR count). The van der Waals surface area contributed by atoms with E-state index in [1.807, 2.05) is 13.8 Å². The second-order valence-electron chi connectivity index (χ2n) is 4.82. The van der Waals surface area contributed by atoms with Gasteiger partial charge in [0.15, 0.2) is 6.10 Å². The van der Waals surface area contributed by atoms with Gasteiger partial charge in [-0.2, -0.15) is 0 Å². The van der Waals surface area contributed by atoms with Crippen molar-refractivity contribution in [2.24, 2.45) is 5.92 Å². The number of carbonyl (C=O) groups is 2. The van der Waals surface area contributed by atoms with Crippen molar-refractivity contribution in [2.75, 3.05) is 13.1 Å². The maximum atomic E-state index is 11.8. The molecule has 6 heteroatoms. The molecule has 0 aromatic heterocycles. The van der Waals surface area contributed by atoms with Crippen LogP contribution in [0.3, 0.4) is 0 Å². The number of rotatable bonds is 6. The average Bonchev–Trinajstić information content (AvgIpc) is 3.05. The van der Waals surface area contributed by atoms with Crippen LogP contribution in [-0.4, -0.2) is 52.3 Å².